The lowest BCUT2D eigenvalue weighted by Crippen LogP contribution is -2.33. The van der Waals surface area contributed by atoms with E-state index in [1.807, 2.05) is 6.92 Å². The van der Waals surface area contributed by atoms with Gasteiger partial charge in [0.2, 0.25) is 5.91 Å². The summed E-state index contributed by atoms with van der Waals surface area (Å²) in [6.45, 7) is 1.91. The van der Waals surface area contributed by atoms with Crippen LogP contribution in [-0.2, 0) is 19.4 Å². The van der Waals surface area contributed by atoms with Gasteiger partial charge in [-0.25, -0.2) is 8.42 Å². The number of hydrogen-bond donors (Lipinski definition) is 2. The molecule has 100 valence electrons. The van der Waals surface area contributed by atoms with Crippen molar-refractivity contribution in [2.24, 2.45) is 5.92 Å². The van der Waals surface area contributed by atoms with Gasteiger partial charge in [0.1, 0.15) is 9.84 Å². The van der Waals surface area contributed by atoms with E-state index in [-0.39, 0.29) is 18.7 Å². The van der Waals surface area contributed by atoms with Gasteiger partial charge in [0, 0.05) is 19.2 Å². The van der Waals surface area contributed by atoms with Gasteiger partial charge < -0.3 is 10.4 Å². The van der Waals surface area contributed by atoms with Gasteiger partial charge in [-0.05, 0) is 6.42 Å². The molecule has 0 saturated heterocycles. The van der Waals surface area contributed by atoms with Crippen LogP contribution in [0.1, 0.15) is 26.2 Å². The molecule has 1 atom stereocenters. The third-order valence-electron chi connectivity index (χ3n) is 2.23. The zero-order chi connectivity index (χ0) is 13.5. The number of nitrogens with one attached hydrogen (secondary N) is 1. The Hall–Kier alpha value is -1.11. The van der Waals surface area contributed by atoms with E-state index in [4.69, 9.17) is 5.11 Å². The molecular formula is C10H19NO5S. The molecule has 0 spiro atoms. The molecule has 1 unspecified atom stereocenters. The predicted octanol–water partition coefficient (Wildman–Crippen LogP) is 0.0382. The van der Waals surface area contributed by atoms with Crippen LogP contribution in [0.3, 0.4) is 0 Å². The van der Waals surface area contributed by atoms with Gasteiger partial charge in [-0.2, -0.15) is 0 Å². The standard InChI is InChI=1S/C10H19NO5S/c1-3-4-8(10(13)14)7-11-9(12)5-6-17(2,15)16/h8H,3-7H2,1-2H3,(H,11,12)(H,13,14). The number of sulfone groups is 1. The van der Waals surface area contributed by atoms with E-state index in [0.717, 1.165) is 12.7 Å². The molecule has 1 amide bonds. The number of aliphatic carboxylic acids is 1. The minimum absolute atomic E-state index is 0.0474. The van der Waals surface area contributed by atoms with Crippen molar-refractivity contribution in [3.63, 3.8) is 0 Å². The molecule has 2 N–H and O–H groups in total. The lowest BCUT2D eigenvalue weighted by Gasteiger charge is -2.12. The number of carbonyl (C=O) groups is 2. The van der Waals surface area contributed by atoms with Crippen LogP contribution in [0.15, 0.2) is 0 Å². The number of amides is 1. The number of carboxylic acids is 1. The molecule has 0 aliphatic heterocycles. The molecule has 0 aliphatic carbocycles. The smallest absolute Gasteiger partial charge is 0.308 e. The van der Waals surface area contributed by atoms with Gasteiger partial charge in [-0.3, -0.25) is 9.59 Å². The lowest BCUT2D eigenvalue weighted by atomic mass is 10.0. The first kappa shape index (κ1) is 15.9. The molecule has 0 saturated carbocycles. The maximum absolute atomic E-state index is 11.3. The van der Waals surface area contributed by atoms with E-state index in [2.05, 4.69) is 5.32 Å². The quantitative estimate of drug-likeness (QED) is 0.645. The highest BCUT2D eigenvalue weighted by Crippen LogP contribution is 2.05. The summed E-state index contributed by atoms with van der Waals surface area (Å²) in [5.74, 6) is -2.21. The van der Waals surface area contributed by atoms with E-state index in [1.54, 1.807) is 0 Å². The second-order valence-electron chi connectivity index (χ2n) is 4.01. The Morgan fingerprint density at radius 1 is 1.35 bits per heavy atom. The molecule has 0 aliphatic rings. The predicted molar refractivity (Wildman–Crippen MR) is 63.4 cm³/mol. The van der Waals surface area contributed by atoms with Crippen LogP contribution in [0.2, 0.25) is 0 Å². The second-order valence-corrected chi connectivity index (χ2v) is 6.27. The van der Waals surface area contributed by atoms with E-state index in [1.165, 1.54) is 0 Å². The summed E-state index contributed by atoms with van der Waals surface area (Å²) in [6, 6.07) is 0. The van der Waals surface area contributed by atoms with Gasteiger partial charge in [0.05, 0.1) is 11.7 Å². The highest BCUT2D eigenvalue weighted by molar-refractivity contribution is 7.90. The number of carbonyl (C=O) groups excluding carboxylic acids is 1. The molecule has 0 aromatic rings. The number of rotatable bonds is 8. The first-order valence-electron chi connectivity index (χ1n) is 5.43. The van der Waals surface area contributed by atoms with Crippen molar-refractivity contribution >= 4 is 21.7 Å². The molecule has 0 aromatic heterocycles. The summed E-state index contributed by atoms with van der Waals surface area (Å²) < 4.78 is 21.6. The van der Waals surface area contributed by atoms with Gasteiger partial charge in [-0.15, -0.1) is 0 Å². The summed E-state index contributed by atoms with van der Waals surface area (Å²) in [6.07, 6.45) is 2.13. The Morgan fingerprint density at radius 3 is 2.35 bits per heavy atom. The van der Waals surface area contributed by atoms with Crippen molar-refractivity contribution in [3.05, 3.63) is 0 Å². The minimum Gasteiger partial charge on any atom is -0.481 e. The average molecular weight is 265 g/mol. The summed E-state index contributed by atoms with van der Waals surface area (Å²) in [7, 11) is -3.16. The van der Waals surface area contributed by atoms with Crippen LogP contribution in [0.25, 0.3) is 0 Å². The van der Waals surface area contributed by atoms with E-state index < -0.39 is 27.6 Å². The molecule has 0 aromatic carbocycles. The lowest BCUT2D eigenvalue weighted by molar-refractivity contribution is -0.141. The molecule has 0 heterocycles. The number of hydrogen-bond acceptors (Lipinski definition) is 4. The van der Waals surface area contributed by atoms with Crippen LogP contribution in [-0.4, -0.2) is 44.0 Å². The molecule has 0 radical (unpaired) electrons. The Labute approximate surface area is 101 Å². The molecule has 6 nitrogen and oxygen atoms in total. The van der Waals surface area contributed by atoms with E-state index in [9.17, 15) is 18.0 Å². The molecule has 7 heteroatoms. The maximum Gasteiger partial charge on any atom is 0.308 e. The summed E-state index contributed by atoms with van der Waals surface area (Å²) in [4.78, 5) is 22.0. The fraction of sp³-hybridized carbons (Fsp3) is 0.800. The first-order valence-corrected chi connectivity index (χ1v) is 7.49. The maximum atomic E-state index is 11.3. The molecule has 0 fully saturated rings. The van der Waals surface area contributed by atoms with Crippen LogP contribution in [0.4, 0.5) is 0 Å². The van der Waals surface area contributed by atoms with Crippen molar-refractivity contribution in [1.29, 1.82) is 0 Å². The second kappa shape index (κ2) is 7.26. The Kier molecular flexibility index (Phi) is 6.79. The van der Waals surface area contributed by atoms with Crippen molar-refractivity contribution in [3.8, 4) is 0 Å². The fourth-order valence-electron chi connectivity index (χ4n) is 1.26. The zero-order valence-corrected chi connectivity index (χ0v) is 10.9. The zero-order valence-electron chi connectivity index (χ0n) is 10.1. The van der Waals surface area contributed by atoms with Crippen LogP contribution >= 0.6 is 0 Å². The normalized spacial score (nSPS) is 13.1. The Balaban J connectivity index is 4.01. The monoisotopic (exact) mass is 265 g/mol. The third kappa shape index (κ3) is 8.67. The van der Waals surface area contributed by atoms with Crippen molar-refractivity contribution in [1.82, 2.24) is 5.32 Å². The topological polar surface area (TPSA) is 101 Å². The minimum atomic E-state index is -3.16. The Morgan fingerprint density at radius 2 is 1.94 bits per heavy atom. The van der Waals surface area contributed by atoms with Crippen LogP contribution in [0, 0.1) is 5.92 Å². The summed E-state index contributed by atoms with van der Waals surface area (Å²) in [5.41, 5.74) is 0. The molecule has 0 rings (SSSR count). The SMILES string of the molecule is CCCC(CNC(=O)CCS(C)(=O)=O)C(=O)O. The Bertz CT molecular complexity index is 363. The highest BCUT2D eigenvalue weighted by Gasteiger charge is 2.17. The summed E-state index contributed by atoms with van der Waals surface area (Å²) >= 11 is 0. The molecule has 17 heavy (non-hydrogen) atoms. The third-order valence-corrected chi connectivity index (χ3v) is 3.18. The van der Waals surface area contributed by atoms with Crippen molar-refractivity contribution < 1.29 is 23.1 Å². The van der Waals surface area contributed by atoms with Gasteiger partial charge in [0.15, 0.2) is 0 Å². The van der Waals surface area contributed by atoms with Crippen LogP contribution in [0.5, 0.6) is 0 Å². The van der Waals surface area contributed by atoms with Crippen molar-refractivity contribution in [2.75, 3.05) is 18.6 Å². The van der Waals surface area contributed by atoms with Gasteiger partial charge >= 0.3 is 5.97 Å². The fourth-order valence-corrected chi connectivity index (χ4v) is 1.82. The number of carboxylic acid groups (broad SMARTS) is 1. The summed E-state index contributed by atoms with van der Waals surface area (Å²) in [5, 5.41) is 11.3. The first-order chi connectivity index (χ1) is 7.76. The van der Waals surface area contributed by atoms with Crippen LogP contribution < -0.4 is 5.32 Å². The highest BCUT2D eigenvalue weighted by atomic mass is 32.2. The molecule has 0 bridgehead atoms. The largest absolute Gasteiger partial charge is 0.481 e. The molecular weight excluding hydrogens is 246 g/mol. The van der Waals surface area contributed by atoms with Gasteiger partial charge in [0.25, 0.3) is 0 Å². The van der Waals surface area contributed by atoms with Gasteiger partial charge in [-0.1, -0.05) is 13.3 Å². The average Bonchev–Trinajstić information content (AvgIpc) is 2.19. The van der Waals surface area contributed by atoms with E-state index >= 15 is 0 Å². The van der Waals surface area contributed by atoms with E-state index in [0.29, 0.717) is 6.42 Å². The van der Waals surface area contributed by atoms with Crippen molar-refractivity contribution in [2.45, 2.75) is 26.2 Å².